The average molecular weight is 931 g/mol. The van der Waals surface area contributed by atoms with E-state index in [1.807, 2.05) is 0 Å². The predicted molar refractivity (Wildman–Crippen MR) is 287 cm³/mol. The molecule has 0 fully saturated rings. The van der Waals surface area contributed by atoms with Gasteiger partial charge in [-0.1, -0.05) is 257 Å². The van der Waals surface area contributed by atoms with Crippen LogP contribution in [0.4, 0.5) is 0 Å². The van der Waals surface area contributed by atoms with Crippen molar-refractivity contribution < 1.29 is 24.5 Å². The highest BCUT2D eigenvalue weighted by molar-refractivity contribution is 5.77. The molecule has 6 nitrogen and oxygen atoms in total. The number of hydrogen-bond acceptors (Lipinski definition) is 5. The Morgan fingerprint density at radius 2 is 0.727 bits per heavy atom. The number of carbonyl (C=O) groups is 2. The second-order valence-electron chi connectivity index (χ2n) is 20.4. The largest absolute Gasteiger partial charge is 0.462 e. The molecule has 3 N–H and O–H groups in total. The Labute approximate surface area is 411 Å². The van der Waals surface area contributed by atoms with Crippen molar-refractivity contribution in [2.75, 3.05) is 6.61 Å². The van der Waals surface area contributed by atoms with Crippen LogP contribution in [0.1, 0.15) is 323 Å². The standard InChI is InChI=1S/C60H115NO5/c1-4-7-10-13-16-19-22-25-28-30-31-33-36-39-42-45-48-51-56(66-60(65)53-50-47-44-41-38-35-27-24-21-18-15-12-9-6-3)54-59(64)61-57(55-62)58(63)52-49-46-43-40-37-34-32-29-26-23-20-17-14-11-8-5-2/h25,28,35,38,56-58,62-63H,4-24,26-27,29-34,36-37,39-55H2,1-3H3,(H,61,64)/b28-25+,38-35-. The number of rotatable bonds is 54. The highest BCUT2D eigenvalue weighted by atomic mass is 16.5. The molecule has 0 saturated carbocycles. The number of unbranched alkanes of at least 4 members (excludes halogenated alkanes) is 38. The Bertz CT molecular complexity index is 1040. The van der Waals surface area contributed by atoms with Crippen LogP contribution in [-0.4, -0.2) is 46.9 Å². The predicted octanol–water partition coefficient (Wildman–Crippen LogP) is 18.2. The molecule has 0 saturated heterocycles. The summed E-state index contributed by atoms with van der Waals surface area (Å²) in [6, 6.07) is -0.703. The van der Waals surface area contributed by atoms with Crippen LogP contribution in [0, 0.1) is 0 Å². The lowest BCUT2D eigenvalue weighted by atomic mass is 10.0. The quantitative estimate of drug-likeness (QED) is 0.0321. The molecule has 0 rings (SSSR count). The lowest BCUT2D eigenvalue weighted by Gasteiger charge is -2.24. The molecular formula is C60H115NO5. The number of esters is 1. The van der Waals surface area contributed by atoms with Gasteiger partial charge >= 0.3 is 5.97 Å². The van der Waals surface area contributed by atoms with Crippen molar-refractivity contribution in [3.63, 3.8) is 0 Å². The molecule has 0 aliphatic heterocycles. The molecule has 1 amide bonds. The Morgan fingerprint density at radius 3 is 1.08 bits per heavy atom. The van der Waals surface area contributed by atoms with Gasteiger partial charge < -0.3 is 20.3 Å². The Morgan fingerprint density at radius 1 is 0.424 bits per heavy atom. The van der Waals surface area contributed by atoms with E-state index >= 15 is 0 Å². The SMILES string of the molecule is CCCCCCCC/C=C/CCCCCCCCCC(CC(=O)NC(CO)C(O)CCCCCCCCCCCCCCCCCC)OC(=O)CCCCC/C=C\CCCCCCCCC. The first-order valence-electron chi connectivity index (χ1n) is 29.6. The zero-order valence-electron chi connectivity index (χ0n) is 44.6. The smallest absolute Gasteiger partial charge is 0.306 e. The van der Waals surface area contributed by atoms with Crippen LogP contribution in [0.15, 0.2) is 24.3 Å². The first kappa shape index (κ1) is 64.3. The topological polar surface area (TPSA) is 95.9 Å². The highest BCUT2D eigenvalue weighted by Gasteiger charge is 2.24. The Kier molecular flexibility index (Phi) is 52.9. The molecule has 3 unspecified atom stereocenters. The summed E-state index contributed by atoms with van der Waals surface area (Å²) in [5.41, 5.74) is 0. The molecule has 6 heteroatoms. The van der Waals surface area contributed by atoms with Gasteiger partial charge in [0.25, 0.3) is 0 Å². The fraction of sp³-hybridized carbons (Fsp3) is 0.900. The molecule has 390 valence electrons. The molecule has 0 aromatic heterocycles. The van der Waals surface area contributed by atoms with Crippen molar-refractivity contribution in [2.24, 2.45) is 0 Å². The number of nitrogens with one attached hydrogen (secondary N) is 1. The van der Waals surface area contributed by atoms with E-state index in [0.29, 0.717) is 19.3 Å². The lowest BCUT2D eigenvalue weighted by molar-refractivity contribution is -0.151. The van der Waals surface area contributed by atoms with Crippen molar-refractivity contribution in [3.8, 4) is 0 Å². The minimum Gasteiger partial charge on any atom is -0.462 e. The van der Waals surface area contributed by atoms with E-state index in [9.17, 15) is 19.8 Å². The summed E-state index contributed by atoms with van der Waals surface area (Å²) in [5, 5.41) is 23.9. The molecule has 0 bridgehead atoms. The van der Waals surface area contributed by atoms with Crippen LogP contribution in [0.5, 0.6) is 0 Å². The van der Waals surface area contributed by atoms with E-state index in [2.05, 4.69) is 50.4 Å². The molecule has 0 heterocycles. The van der Waals surface area contributed by atoms with Gasteiger partial charge in [-0.2, -0.15) is 0 Å². The zero-order valence-corrected chi connectivity index (χ0v) is 44.6. The van der Waals surface area contributed by atoms with Gasteiger partial charge in [-0.15, -0.1) is 0 Å². The van der Waals surface area contributed by atoms with Crippen molar-refractivity contribution >= 4 is 11.9 Å². The van der Waals surface area contributed by atoms with E-state index in [-0.39, 0.29) is 24.9 Å². The van der Waals surface area contributed by atoms with Gasteiger partial charge in [0.15, 0.2) is 0 Å². The highest BCUT2D eigenvalue weighted by Crippen LogP contribution is 2.19. The van der Waals surface area contributed by atoms with Crippen LogP contribution in [0.25, 0.3) is 0 Å². The van der Waals surface area contributed by atoms with Crippen LogP contribution >= 0.6 is 0 Å². The molecule has 66 heavy (non-hydrogen) atoms. The van der Waals surface area contributed by atoms with E-state index in [1.165, 1.54) is 218 Å². The summed E-state index contributed by atoms with van der Waals surface area (Å²) in [6.07, 6.45) is 63.9. The average Bonchev–Trinajstić information content (AvgIpc) is 3.31. The maximum Gasteiger partial charge on any atom is 0.306 e. The number of ether oxygens (including phenoxy) is 1. The van der Waals surface area contributed by atoms with Crippen molar-refractivity contribution in [3.05, 3.63) is 24.3 Å². The van der Waals surface area contributed by atoms with Gasteiger partial charge in [0.1, 0.15) is 6.10 Å². The minimum absolute atomic E-state index is 0.0733. The molecule has 0 radical (unpaired) electrons. The third-order valence-electron chi connectivity index (χ3n) is 13.8. The van der Waals surface area contributed by atoms with Crippen LogP contribution in [0.2, 0.25) is 0 Å². The van der Waals surface area contributed by atoms with Crippen LogP contribution in [0.3, 0.4) is 0 Å². The fourth-order valence-electron chi connectivity index (χ4n) is 9.25. The van der Waals surface area contributed by atoms with Crippen molar-refractivity contribution in [2.45, 2.75) is 341 Å². The van der Waals surface area contributed by atoms with Gasteiger partial charge in [-0.3, -0.25) is 9.59 Å². The molecule has 0 spiro atoms. The third kappa shape index (κ3) is 48.8. The number of hydrogen-bond donors (Lipinski definition) is 3. The lowest BCUT2D eigenvalue weighted by Crippen LogP contribution is -2.46. The van der Waals surface area contributed by atoms with Gasteiger partial charge in [0.2, 0.25) is 5.91 Å². The van der Waals surface area contributed by atoms with Crippen LogP contribution < -0.4 is 5.32 Å². The zero-order chi connectivity index (χ0) is 48.1. The molecule has 0 aliphatic rings. The molecule has 0 aromatic carbocycles. The Balaban J connectivity index is 4.54. The van der Waals surface area contributed by atoms with E-state index in [0.717, 1.165) is 57.8 Å². The number of allylic oxidation sites excluding steroid dienone is 4. The molecule has 0 aromatic rings. The summed E-state index contributed by atoms with van der Waals surface area (Å²) >= 11 is 0. The number of carbonyl (C=O) groups excluding carboxylic acids is 2. The van der Waals surface area contributed by atoms with E-state index in [4.69, 9.17) is 4.74 Å². The first-order valence-corrected chi connectivity index (χ1v) is 29.6. The first-order chi connectivity index (χ1) is 32.5. The monoisotopic (exact) mass is 930 g/mol. The number of aliphatic hydroxyl groups is 2. The molecular weight excluding hydrogens is 815 g/mol. The summed E-state index contributed by atoms with van der Waals surface area (Å²) in [6.45, 7) is 6.51. The maximum absolute atomic E-state index is 13.3. The van der Waals surface area contributed by atoms with E-state index < -0.39 is 18.2 Å². The molecule has 0 aliphatic carbocycles. The second-order valence-corrected chi connectivity index (χ2v) is 20.4. The fourth-order valence-corrected chi connectivity index (χ4v) is 9.25. The van der Waals surface area contributed by atoms with Crippen molar-refractivity contribution in [1.82, 2.24) is 5.32 Å². The Hall–Kier alpha value is -1.66. The van der Waals surface area contributed by atoms with Crippen LogP contribution in [-0.2, 0) is 14.3 Å². The maximum atomic E-state index is 13.3. The van der Waals surface area contributed by atoms with Crippen molar-refractivity contribution in [1.29, 1.82) is 0 Å². The summed E-state index contributed by atoms with van der Waals surface area (Å²) in [5.74, 6) is -0.479. The van der Waals surface area contributed by atoms with Gasteiger partial charge in [0, 0.05) is 6.42 Å². The van der Waals surface area contributed by atoms with Gasteiger partial charge in [-0.25, -0.2) is 0 Å². The summed E-state index contributed by atoms with van der Waals surface area (Å²) in [7, 11) is 0. The normalized spacial score (nSPS) is 13.2. The van der Waals surface area contributed by atoms with Gasteiger partial charge in [-0.05, 0) is 77.0 Å². The summed E-state index contributed by atoms with van der Waals surface area (Å²) in [4.78, 5) is 26.3. The number of aliphatic hydroxyl groups excluding tert-OH is 2. The third-order valence-corrected chi connectivity index (χ3v) is 13.8. The van der Waals surface area contributed by atoms with Gasteiger partial charge in [0.05, 0.1) is 25.2 Å². The minimum atomic E-state index is -0.789. The second kappa shape index (κ2) is 54.3. The number of amides is 1. The molecule has 3 atom stereocenters. The van der Waals surface area contributed by atoms with E-state index in [1.54, 1.807) is 0 Å². The summed E-state index contributed by atoms with van der Waals surface area (Å²) < 4.78 is 5.96.